The van der Waals surface area contributed by atoms with Gasteiger partial charge in [-0.3, -0.25) is 0 Å². The highest BCUT2D eigenvalue weighted by Gasteiger charge is 2.58. The van der Waals surface area contributed by atoms with Crippen LogP contribution in [0.5, 0.6) is 11.5 Å². The highest BCUT2D eigenvalue weighted by atomic mass is 16.3. The van der Waals surface area contributed by atoms with Gasteiger partial charge in [-0.2, -0.15) is 0 Å². The molecule has 0 heterocycles. The van der Waals surface area contributed by atoms with Crippen molar-refractivity contribution in [3.63, 3.8) is 0 Å². The van der Waals surface area contributed by atoms with Crippen LogP contribution >= 0.6 is 0 Å². The van der Waals surface area contributed by atoms with Crippen LogP contribution in [-0.4, -0.2) is 10.2 Å². The molecule has 2 aromatic carbocycles. The van der Waals surface area contributed by atoms with Gasteiger partial charge in [0.15, 0.2) is 0 Å². The van der Waals surface area contributed by atoms with Crippen molar-refractivity contribution in [2.45, 2.75) is 37.5 Å². The predicted octanol–water partition coefficient (Wildman–Crippen LogP) is 4.00. The van der Waals surface area contributed by atoms with Crippen LogP contribution < -0.4 is 11.5 Å². The SMILES string of the molecule is Nc1ccc(C2(c3ccc(N)c(O)c3)C3CC4CC(C3)CC2C4)cc1O. The highest BCUT2D eigenvalue weighted by molar-refractivity contribution is 5.60. The topological polar surface area (TPSA) is 92.5 Å². The summed E-state index contributed by atoms with van der Waals surface area (Å²) in [5.74, 6) is 3.02. The van der Waals surface area contributed by atoms with E-state index in [1.807, 2.05) is 24.3 Å². The molecule has 6 N–H and O–H groups in total. The van der Waals surface area contributed by atoms with E-state index in [-0.39, 0.29) is 16.9 Å². The predicted molar refractivity (Wildman–Crippen MR) is 103 cm³/mol. The number of benzene rings is 2. The third-order valence-corrected chi connectivity index (χ3v) is 7.44. The number of nitrogen functional groups attached to an aromatic ring is 2. The van der Waals surface area contributed by atoms with E-state index in [4.69, 9.17) is 11.5 Å². The van der Waals surface area contributed by atoms with E-state index in [0.717, 1.165) is 23.0 Å². The number of hydrogen-bond acceptors (Lipinski definition) is 4. The second-order valence-electron chi connectivity index (χ2n) is 8.72. The maximum atomic E-state index is 10.3. The fourth-order valence-electron chi connectivity index (χ4n) is 6.64. The zero-order valence-corrected chi connectivity index (χ0v) is 14.9. The van der Waals surface area contributed by atoms with Gasteiger partial charge in [0.05, 0.1) is 11.4 Å². The van der Waals surface area contributed by atoms with Crippen LogP contribution in [0, 0.1) is 23.7 Å². The first kappa shape index (κ1) is 15.9. The van der Waals surface area contributed by atoms with Gasteiger partial charge in [-0.05, 0) is 91.2 Å². The van der Waals surface area contributed by atoms with Crippen LogP contribution in [0.4, 0.5) is 11.4 Å². The second kappa shape index (κ2) is 5.32. The van der Waals surface area contributed by atoms with Gasteiger partial charge in [0, 0.05) is 5.41 Å². The second-order valence-corrected chi connectivity index (χ2v) is 8.72. The van der Waals surface area contributed by atoms with Crippen LogP contribution in [0.2, 0.25) is 0 Å². The molecular formula is C22H26N2O2. The molecule has 4 fully saturated rings. The quantitative estimate of drug-likeness (QED) is 0.486. The number of nitrogens with two attached hydrogens (primary N) is 2. The fourth-order valence-corrected chi connectivity index (χ4v) is 6.64. The molecule has 4 saturated carbocycles. The molecule has 0 aromatic heterocycles. The molecule has 4 heteroatoms. The number of phenols is 2. The number of phenolic OH excluding ortho intramolecular Hbond substituents is 2. The highest BCUT2D eigenvalue weighted by Crippen LogP contribution is 2.65. The van der Waals surface area contributed by atoms with Gasteiger partial charge in [0.2, 0.25) is 0 Å². The third kappa shape index (κ3) is 2.01. The van der Waals surface area contributed by atoms with Crippen LogP contribution in [0.3, 0.4) is 0 Å². The maximum Gasteiger partial charge on any atom is 0.138 e. The lowest BCUT2D eigenvalue weighted by molar-refractivity contribution is -0.0419. The minimum absolute atomic E-state index is 0.148. The molecule has 0 spiro atoms. The molecular weight excluding hydrogens is 324 g/mol. The number of hydrogen-bond donors (Lipinski definition) is 4. The summed E-state index contributed by atoms with van der Waals surface area (Å²) in [6.07, 6.45) is 6.28. The molecule has 0 radical (unpaired) electrons. The fraction of sp³-hybridized carbons (Fsp3) is 0.455. The zero-order chi connectivity index (χ0) is 18.1. The summed E-state index contributed by atoms with van der Waals surface area (Å²) in [7, 11) is 0. The average molecular weight is 350 g/mol. The molecule has 4 aliphatic rings. The number of anilines is 2. The Balaban J connectivity index is 1.75. The van der Waals surface area contributed by atoms with Crippen LogP contribution in [0.1, 0.15) is 43.2 Å². The van der Waals surface area contributed by atoms with Gasteiger partial charge in [-0.15, -0.1) is 0 Å². The van der Waals surface area contributed by atoms with Gasteiger partial charge in [-0.1, -0.05) is 12.1 Å². The van der Waals surface area contributed by atoms with E-state index < -0.39 is 0 Å². The van der Waals surface area contributed by atoms with Crippen molar-refractivity contribution in [2.24, 2.45) is 23.7 Å². The summed E-state index contributed by atoms with van der Waals surface area (Å²) in [5.41, 5.74) is 14.7. The summed E-state index contributed by atoms with van der Waals surface area (Å²) in [6.45, 7) is 0. The number of rotatable bonds is 2. The monoisotopic (exact) mass is 350 g/mol. The van der Waals surface area contributed by atoms with Crippen LogP contribution in [0.25, 0.3) is 0 Å². The average Bonchev–Trinajstić information content (AvgIpc) is 2.60. The Labute approximate surface area is 153 Å². The molecule has 4 nitrogen and oxygen atoms in total. The van der Waals surface area contributed by atoms with Gasteiger partial charge in [-0.25, -0.2) is 0 Å². The molecule has 4 bridgehead atoms. The van der Waals surface area contributed by atoms with E-state index >= 15 is 0 Å². The van der Waals surface area contributed by atoms with Crippen molar-refractivity contribution in [3.05, 3.63) is 47.5 Å². The van der Waals surface area contributed by atoms with Crippen molar-refractivity contribution < 1.29 is 10.2 Å². The summed E-state index contributed by atoms with van der Waals surface area (Å²) in [6, 6.07) is 11.5. The van der Waals surface area contributed by atoms with Gasteiger partial charge >= 0.3 is 0 Å². The Morgan fingerprint density at radius 2 is 1.12 bits per heavy atom. The van der Waals surface area contributed by atoms with Crippen molar-refractivity contribution >= 4 is 11.4 Å². The van der Waals surface area contributed by atoms with Crippen molar-refractivity contribution in [2.75, 3.05) is 11.5 Å². The first-order chi connectivity index (χ1) is 12.5. The van der Waals surface area contributed by atoms with E-state index in [9.17, 15) is 10.2 Å². The molecule has 0 saturated heterocycles. The van der Waals surface area contributed by atoms with E-state index in [0.29, 0.717) is 23.2 Å². The Bertz CT molecular complexity index is 795. The lowest BCUT2D eigenvalue weighted by Gasteiger charge is -2.62. The molecule has 0 unspecified atom stereocenters. The molecule has 2 aromatic rings. The molecule has 0 amide bonds. The Hall–Kier alpha value is -2.36. The largest absolute Gasteiger partial charge is 0.506 e. The summed E-state index contributed by atoms with van der Waals surface area (Å²) in [5, 5.41) is 20.6. The van der Waals surface area contributed by atoms with Gasteiger partial charge in [0.1, 0.15) is 11.5 Å². The molecule has 4 aliphatic carbocycles. The van der Waals surface area contributed by atoms with Crippen LogP contribution in [-0.2, 0) is 5.41 Å². The summed E-state index contributed by atoms with van der Waals surface area (Å²) in [4.78, 5) is 0. The van der Waals surface area contributed by atoms with E-state index in [2.05, 4.69) is 12.1 Å². The minimum atomic E-state index is -0.177. The van der Waals surface area contributed by atoms with Crippen molar-refractivity contribution in [1.82, 2.24) is 0 Å². The van der Waals surface area contributed by atoms with Crippen LogP contribution in [0.15, 0.2) is 36.4 Å². The Morgan fingerprint density at radius 3 is 1.50 bits per heavy atom. The lowest BCUT2D eigenvalue weighted by Crippen LogP contribution is -2.56. The first-order valence-electron chi connectivity index (χ1n) is 9.66. The van der Waals surface area contributed by atoms with E-state index in [1.165, 1.54) is 32.1 Å². The lowest BCUT2D eigenvalue weighted by atomic mass is 9.42. The van der Waals surface area contributed by atoms with Gasteiger partial charge in [0.25, 0.3) is 0 Å². The summed E-state index contributed by atoms with van der Waals surface area (Å²) < 4.78 is 0. The first-order valence-corrected chi connectivity index (χ1v) is 9.66. The molecule has 26 heavy (non-hydrogen) atoms. The van der Waals surface area contributed by atoms with Gasteiger partial charge < -0.3 is 21.7 Å². The Morgan fingerprint density at radius 1 is 0.692 bits per heavy atom. The number of aromatic hydroxyl groups is 2. The van der Waals surface area contributed by atoms with E-state index in [1.54, 1.807) is 0 Å². The van der Waals surface area contributed by atoms with Crippen molar-refractivity contribution in [1.29, 1.82) is 0 Å². The molecule has 136 valence electrons. The minimum Gasteiger partial charge on any atom is -0.506 e. The Kier molecular flexibility index (Phi) is 3.25. The summed E-state index contributed by atoms with van der Waals surface area (Å²) >= 11 is 0. The third-order valence-electron chi connectivity index (χ3n) is 7.44. The molecule has 0 aliphatic heterocycles. The van der Waals surface area contributed by atoms with Crippen molar-refractivity contribution in [3.8, 4) is 11.5 Å². The standard InChI is InChI=1S/C22H26N2O2/c23-18-3-1-14(10-20(18)25)22(15-2-4-19(24)21(26)11-15)16-6-12-5-13(8-16)9-17(22)7-12/h1-4,10-13,16-17,25-26H,5-9,23-24H2. The maximum absolute atomic E-state index is 10.3. The molecule has 6 rings (SSSR count). The molecule has 0 atom stereocenters. The normalized spacial score (nSPS) is 31.2. The zero-order valence-electron chi connectivity index (χ0n) is 14.9. The smallest absolute Gasteiger partial charge is 0.138 e.